The molecule has 0 unspecified atom stereocenters. The van der Waals surface area contributed by atoms with Gasteiger partial charge in [-0.1, -0.05) is 12.1 Å². The molecule has 0 N–H and O–H groups in total. The molecule has 142 valence electrons. The van der Waals surface area contributed by atoms with Crippen LogP contribution in [0.25, 0.3) is 0 Å². The first-order valence-corrected chi connectivity index (χ1v) is 9.12. The number of ether oxygens (including phenoxy) is 2. The molecule has 2 heterocycles. The molecule has 0 saturated carbocycles. The van der Waals surface area contributed by atoms with Gasteiger partial charge in [-0.05, 0) is 24.1 Å². The molecular formula is C20H28N2O4. The fourth-order valence-electron chi connectivity index (χ4n) is 4.30. The summed E-state index contributed by atoms with van der Waals surface area (Å²) in [6.45, 7) is 5.13. The maximum atomic E-state index is 12.8. The molecule has 1 aromatic carbocycles. The van der Waals surface area contributed by atoms with Gasteiger partial charge in [0.15, 0.2) is 0 Å². The third-order valence-corrected chi connectivity index (χ3v) is 5.88. The topological polar surface area (TPSA) is 59.1 Å². The Morgan fingerprint density at radius 2 is 1.85 bits per heavy atom. The molecule has 1 aromatic rings. The smallest absolute Gasteiger partial charge is 0.227 e. The summed E-state index contributed by atoms with van der Waals surface area (Å²) in [5.41, 5.74) is 0.971. The van der Waals surface area contributed by atoms with E-state index in [-0.39, 0.29) is 23.1 Å². The van der Waals surface area contributed by atoms with E-state index in [9.17, 15) is 9.59 Å². The second kappa shape index (κ2) is 7.66. The van der Waals surface area contributed by atoms with E-state index in [0.29, 0.717) is 26.1 Å². The molecule has 2 saturated heterocycles. The monoisotopic (exact) mass is 360 g/mol. The van der Waals surface area contributed by atoms with Gasteiger partial charge >= 0.3 is 0 Å². The largest absolute Gasteiger partial charge is 0.497 e. The van der Waals surface area contributed by atoms with E-state index in [1.54, 1.807) is 21.1 Å². The van der Waals surface area contributed by atoms with Gasteiger partial charge in [0.2, 0.25) is 11.8 Å². The van der Waals surface area contributed by atoms with E-state index in [1.165, 1.54) is 0 Å². The maximum absolute atomic E-state index is 12.8. The summed E-state index contributed by atoms with van der Waals surface area (Å²) in [4.78, 5) is 28.5. The highest BCUT2D eigenvalue weighted by Gasteiger charge is 2.50. The van der Waals surface area contributed by atoms with Gasteiger partial charge in [0.1, 0.15) is 5.75 Å². The zero-order valence-corrected chi connectivity index (χ0v) is 15.9. The molecule has 0 bridgehead atoms. The highest BCUT2D eigenvalue weighted by atomic mass is 16.5. The summed E-state index contributed by atoms with van der Waals surface area (Å²) in [6, 6.07) is 7.63. The van der Waals surface area contributed by atoms with Crippen molar-refractivity contribution in [1.29, 1.82) is 0 Å². The number of rotatable bonds is 5. The zero-order chi connectivity index (χ0) is 18.7. The normalized spacial score (nSPS) is 25.1. The van der Waals surface area contributed by atoms with Crippen LogP contribution in [-0.4, -0.2) is 68.6 Å². The quantitative estimate of drug-likeness (QED) is 0.800. The number of benzene rings is 1. The Bertz CT molecular complexity index is 660. The van der Waals surface area contributed by atoms with Crippen LogP contribution in [-0.2, 0) is 20.7 Å². The van der Waals surface area contributed by atoms with Crippen LogP contribution in [0.1, 0.15) is 18.9 Å². The molecule has 2 aliphatic heterocycles. The summed E-state index contributed by atoms with van der Waals surface area (Å²) in [5.74, 6) is 1.31. The van der Waals surface area contributed by atoms with Gasteiger partial charge in [-0.15, -0.1) is 0 Å². The highest BCUT2D eigenvalue weighted by molar-refractivity contribution is 5.79. The maximum Gasteiger partial charge on any atom is 0.227 e. The minimum Gasteiger partial charge on any atom is -0.497 e. The summed E-state index contributed by atoms with van der Waals surface area (Å²) in [7, 11) is 3.34. The number of piperidine rings is 1. The Morgan fingerprint density at radius 3 is 2.46 bits per heavy atom. The Hall–Kier alpha value is -2.08. The van der Waals surface area contributed by atoms with Crippen LogP contribution < -0.4 is 4.74 Å². The van der Waals surface area contributed by atoms with Crippen molar-refractivity contribution in [2.75, 3.05) is 47.0 Å². The summed E-state index contributed by atoms with van der Waals surface area (Å²) in [6.07, 6.45) is 1.27. The predicted molar refractivity (Wildman–Crippen MR) is 97.9 cm³/mol. The van der Waals surface area contributed by atoms with Crippen molar-refractivity contribution in [2.24, 2.45) is 11.3 Å². The lowest BCUT2D eigenvalue weighted by molar-refractivity contribution is -0.135. The van der Waals surface area contributed by atoms with Gasteiger partial charge in [0, 0.05) is 51.5 Å². The van der Waals surface area contributed by atoms with Crippen molar-refractivity contribution in [2.45, 2.75) is 19.8 Å². The molecular weight excluding hydrogens is 332 g/mol. The second-order valence-electron chi connectivity index (χ2n) is 7.51. The van der Waals surface area contributed by atoms with Crippen LogP contribution >= 0.6 is 0 Å². The van der Waals surface area contributed by atoms with Crippen molar-refractivity contribution in [3.8, 4) is 5.75 Å². The number of amides is 2. The standard InChI is InChI=1S/C20H28N2O4/c1-15(23)22-12-17-11-21(9-8-20(17,13-22)14-25-2)19(24)10-16-4-6-18(26-3)7-5-16/h4-7,17H,8-14H2,1-3H3/t17-,20+/m1/s1. The van der Waals surface area contributed by atoms with Crippen LogP contribution in [0, 0.1) is 11.3 Å². The van der Waals surface area contributed by atoms with E-state index < -0.39 is 0 Å². The Balaban J connectivity index is 1.66. The molecule has 0 aromatic heterocycles. The summed E-state index contributed by atoms with van der Waals surface area (Å²) < 4.78 is 10.6. The third kappa shape index (κ3) is 3.70. The zero-order valence-electron chi connectivity index (χ0n) is 15.9. The molecule has 6 heteroatoms. The van der Waals surface area contributed by atoms with E-state index in [2.05, 4.69) is 0 Å². The molecule has 2 amide bonds. The van der Waals surface area contributed by atoms with E-state index in [0.717, 1.165) is 30.8 Å². The Kier molecular flexibility index (Phi) is 5.51. The van der Waals surface area contributed by atoms with E-state index in [1.807, 2.05) is 34.1 Å². The van der Waals surface area contributed by atoms with Crippen LogP contribution in [0.3, 0.4) is 0 Å². The number of likely N-dealkylation sites (tertiary alicyclic amines) is 2. The molecule has 6 nitrogen and oxygen atoms in total. The van der Waals surface area contributed by atoms with Crippen molar-refractivity contribution in [3.05, 3.63) is 29.8 Å². The average Bonchev–Trinajstić information content (AvgIpc) is 3.01. The van der Waals surface area contributed by atoms with Crippen LogP contribution in [0.5, 0.6) is 5.75 Å². The molecule has 0 aliphatic carbocycles. The lowest BCUT2D eigenvalue weighted by atomic mass is 9.73. The van der Waals surface area contributed by atoms with Gasteiger partial charge in [-0.3, -0.25) is 9.59 Å². The second-order valence-corrected chi connectivity index (χ2v) is 7.51. The van der Waals surface area contributed by atoms with Crippen molar-refractivity contribution in [1.82, 2.24) is 9.80 Å². The minimum absolute atomic E-state index is 0.0166. The lowest BCUT2D eigenvalue weighted by Crippen LogP contribution is -2.51. The predicted octanol–water partition coefficient (Wildman–Crippen LogP) is 1.58. The number of fused-ring (bicyclic) bond motifs is 1. The highest BCUT2D eigenvalue weighted by Crippen LogP contribution is 2.43. The summed E-state index contributed by atoms with van der Waals surface area (Å²) >= 11 is 0. The van der Waals surface area contributed by atoms with Crippen molar-refractivity contribution >= 4 is 11.8 Å². The van der Waals surface area contributed by atoms with Crippen LogP contribution in [0.4, 0.5) is 0 Å². The van der Waals surface area contributed by atoms with E-state index in [4.69, 9.17) is 9.47 Å². The van der Waals surface area contributed by atoms with E-state index >= 15 is 0 Å². The average molecular weight is 360 g/mol. The lowest BCUT2D eigenvalue weighted by Gasteiger charge is -2.43. The van der Waals surface area contributed by atoms with Gasteiger partial charge in [-0.2, -0.15) is 0 Å². The minimum atomic E-state index is -0.0166. The number of nitrogens with zero attached hydrogens (tertiary/aromatic N) is 2. The molecule has 3 rings (SSSR count). The number of hydrogen-bond donors (Lipinski definition) is 0. The molecule has 2 atom stereocenters. The molecule has 2 aliphatic rings. The molecule has 2 fully saturated rings. The number of hydrogen-bond acceptors (Lipinski definition) is 4. The molecule has 0 radical (unpaired) electrons. The van der Waals surface area contributed by atoms with Gasteiger partial charge < -0.3 is 19.3 Å². The van der Waals surface area contributed by atoms with Gasteiger partial charge in [0.25, 0.3) is 0 Å². The number of carbonyl (C=O) groups is 2. The first-order valence-electron chi connectivity index (χ1n) is 9.12. The third-order valence-electron chi connectivity index (χ3n) is 5.88. The first kappa shape index (κ1) is 18.7. The fraction of sp³-hybridized carbons (Fsp3) is 0.600. The number of methoxy groups -OCH3 is 2. The fourth-order valence-corrected chi connectivity index (χ4v) is 4.30. The van der Waals surface area contributed by atoms with Crippen LogP contribution in [0.2, 0.25) is 0 Å². The van der Waals surface area contributed by atoms with Crippen molar-refractivity contribution < 1.29 is 19.1 Å². The first-order chi connectivity index (χ1) is 12.5. The molecule has 0 spiro atoms. The van der Waals surface area contributed by atoms with Gasteiger partial charge in [0.05, 0.1) is 20.1 Å². The summed E-state index contributed by atoms with van der Waals surface area (Å²) in [5, 5.41) is 0. The number of carbonyl (C=O) groups excluding carboxylic acids is 2. The van der Waals surface area contributed by atoms with Gasteiger partial charge in [-0.25, -0.2) is 0 Å². The molecule has 26 heavy (non-hydrogen) atoms. The Labute approximate surface area is 155 Å². The Morgan fingerprint density at radius 1 is 1.15 bits per heavy atom. The van der Waals surface area contributed by atoms with Crippen LogP contribution in [0.15, 0.2) is 24.3 Å². The SMILES string of the molecule is COC[C@@]12CCN(C(=O)Cc3ccc(OC)cc3)C[C@@H]1CN(C(C)=O)C2. The van der Waals surface area contributed by atoms with Crippen molar-refractivity contribution in [3.63, 3.8) is 0 Å².